The average Bonchev–Trinajstić information content (AvgIpc) is 2.92. The number of aromatic nitrogens is 2. The standard InChI is InChI=1S/C9H15N3S2/c1-7(8-2-3-8)10-4-5-13-9-11-6-12-14-9/h6-8,10H,2-5H2,1H3. The molecular weight excluding hydrogens is 214 g/mol. The van der Waals surface area contributed by atoms with E-state index in [1.165, 1.54) is 24.4 Å². The molecule has 1 aromatic heterocycles. The Bertz CT molecular complexity index is 259. The Balaban J connectivity index is 1.54. The van der Waals surface area contributed by atoms with Gasteiger partial charge < -0.3 is 5.32 Å². The van der Waals surface area contributed by atoms with E-state index in [0.29, 0.717) is 6.04 Å². The van der Waals surface area contributed by atoms with E-state index in [0.717, 1.165) is 22.6 Å². The van der Waals surface area contributed by atoms with Crippen molar-refractivity contribution < 1.29 is 0 Å². The Morgan fingerprint density at radius 2 is 2.57 bits per heavy atom. The summed E-state index contributed by atoms with van der Waals surface area (Å²) in [6.45, 7) is 3.36. The van der Waals surface area contributed by atoms with Crippen LogP contribution in [0, 0.1) is 5.92 Å². The van der Waals surface area contributed by atoms with Crippen molar-refractivity contribution in [3.8, 4) is 0 Å². The molecule has 14 heavy (non-hydrogen) atoms. The van der Waals surface area contributed by atoms with Gasteiger partial charge in [-0.05, 0) is 37.2 Å². The normalized spacial score (nSPS) is 18.4. The van der Waals surface area contributed by atoms with E-state index < -0.39 is 0 Å². The second kappa shape index (κ2) is 5.09. The molecule has 5 heteroatoms. The molecule has 2 rings (SSSR count). The van der Waals surface area contributed by atoms with Crippen molar-refractivity contribution >= 4 is 23.3 Å². The number of nitrogens with zero attached hydrogens (tertiary/aromatic N) is 2. The van der Waals surface area contributed by atoms with Crippen LogP contribution in [0.2, 0.25) is 0 Å². The molecular formula is C9H15N3S2. The third-order valence-corrected chi connectivity index (χ3v) is 4.26. The first-order chi connectivity index (χ1) is 6.86. The zero-order valence-corrected chi connectivity index (χ0v) is 9.90. The van der Waals surface area contributed by atoms with Crippen LogP contribution >= 0.6 is 23.3 Å². The third-order valence-electron chi connectivity index (χ3n) is 2.46. The predicted molar refractivity (Wildman–Crippen MR) is 60.8 cm³/mol. The molecule has 1 aliphatic carbocycles. The molecule has 1 heterocycles. The van der Waals surface area contributed by atoms with Crippen molar-refractivity contribution in [3.63, 3.8) is 0 Å². The summed E-state index contributed by atoms with van der Waals surface area (Å²) < 4.78 is 5.04. The van der Waals surface area contributed by atoms with Crippen LogP contribution in [-0.2, 0) is 0 Å². The van der Waals surface area contributed by atoms with Gasteiger partial charge in [0.25, 0.3) is 0 Å². The molecule has 0 spiro atoms. The number of thioether (sulfide) groups is 1. The maximum absolute atomic E-state index is 4.12. The second-order valence-corrected chi connectivity index (χ2v) is 5.76. The lowest BCUT2D eigenvalue weighted by Crippen LogP contribution is -2.29. The first kappa shape index (κ1) is 10.4. The Morgan fingerprint density at radius 1 is 1.71 bits per heavy atom. The molecule has 3 nitrogen and oxygen atoms in total. The van der Waals surface area contributed by atoms with Gasteiger partial charge in [0.1, 0.15) is 6.33 Å². The molecule has 0 saturated heterocycles. The van der Waals surface area contributed by atoms with Gasteiger partial charge in [0.05, 0.1) is 0 Å². The lowest BCUT2D eigenvalue weighted by Gasteiger charge is -2.11. The second-order valence-electron chi connectivity index (χ2n) is 3.64. The summed E-state index contributed by atoms with van der Waals surface area (Å²) in [5.74, 6) is 2.04. The van der Waals surface area contributed by atoms with E-state index in [9.17, 15) is 0 Å². The molecule has 1 fully saturated rings. The molecule has 1 atom stereocenters. The van der Waals surface area contributed by atoms with Crippen molar-refractivity contribution in [2.24, 2.45) is 5.92 Å². The smallest absolute Gasteiger partial charge is 0.169 e. The fraction of sp³-hybridized carbons (Fsp3) is 0.778. The molecule has 1 unspecified atom stereocenters. The van der Waals surface area contributed by atoms with Gasteiger partial charge in [0, 0.05) is 18.3 Å². The van der Waals surface area contributed by atoms with Gasteiger partial charge in [0.2, 0.25) is 0 Å². The minimum absolute atomic E-state index is 0.699. The molecule has 0 radical (unpaired) electrons. The molecule has 0 bridgehead atoms. The van der Waals surface area contributed by atoms with E-state index in [-0.39, 0.29) is 0 Å². The van der Waals surface area contributed by atoms with Crippen LogP contribution in [0.1, 0.15) is 19.8 Å². The summed E-state index contributed by atoms with van der Waals surface area (Å²) in [5, 5.41) is 3.54. The van der Waals surface area contributed by atoms with Crippen molar-refractivity contribution in [3.05, 3.63) is 6.33 Å². The zero-order valence-electron chi connectivity index (χ0n) is 8.27. The third kappa shape index (κ3) is 3.22. The summed E-state index contributed by atoms with van der Waals surface area (Å²) in [4.78, 5) is 4.12. The van der Waals surface area contributed by atoms with Crippen molar-refractivity contribution in [2.75, 3.05) is 12.3 Å². The lowest BCUT2D eigenvalue weighted by atomic mass is 10.2. The van der Waals surface area contributed by atoms with Crippen LogP contribution in [0.15, 0.2) is 10.7 Å². The molecule has 0 aromatic carbocycles. The van der Waals surface area contributed by atoms with Gasteiger partial charge in [-0.3, -0.25) is 0 Å². The van der Waals surface area contributed by atoms with E-state index >= 15 is 0 Å². The van der Waals surface area contributed by atoms with Gasteiger partial charge in [-0.15, -0.1) is 0 Å². The number of hydrogen-bond donors (Lipinski definition) is 1. The SMILES string of the molecule is CC(NCCSc1ncns1)C1CC1. The van der Waals surface area contributed by atoms with Gasteiger partial charge in [-0.2, -0.15) is 4.37 Å². The summed E-state index contributed by atoms with van der Waals surface area (Å²) in [5.41, 5.74) is 0. The monoisotopic (exact) mass is 229 g/mol. The maximum atomic E-state index is 4.12. The first-order valence-electron chi connectivity index (χ1n) is 4.99. The van der Waals surface area contributed by atoms with E-state index in [2.05, 4.69) is 21.6 Å². The Kier molecular flexibility index (Phi) is 3.78. The van der Waals surface area contributed by atoms with Crippen LogP contribution in [-0.4, -0.2) is 27.7 Å². The van der Waals surface area contributed by atoms with Crippen LogP contribution in [0.5, 0.6) is 0 Å². The molecule has 1 N–H and O–H groups in total. The topological polar surface area (TPSA) is 37.8 Å². The molecule has 1 aromatic rings. The Morgan fingerprint density at radius 3 is 3.21 bits per heavy atom. The first-order valence-corrected chi connectivity index (χ1v) is 6.75. The average molecular weight is 229 g/mol. The van der Waals surface area contributed by atoms with Gasteiger partial charge >= 0.3 is 0 Å². The summed E-state index contributed by atoms with van der Waals surface area (Å²) in [7, 11) is 0. The molecule has 0 amide bonds. The number of nitrogens with one attached hydrogen (secondary N) is 1. The van der Waals surface area contributed by atoms with Crippen molar-refractivity contribution in [2.45, 2.75) is 30.1 Å². The van der Waals surface area contributed by atoms with Crippen LogP contribution in [0.3, 0.4) is 0 Å². The Labute approximate surface area is 92.9 Å². The van der Waals surface area contributed by atoms with Crippen LogP contribution < -0.4 is 5.32 Å². The lowest BCUT2D eigenvalue weighted by molar-refractivity contribution is 0.514. The highest BCUT2D eigenvalue weighted by atomic mass is 32.2. The quantitative estimate of drug-likeness (QED) is 0.598. The predicted octanol–water partition coefficient (Wildman–Crippen LogP) is 2.02. The van der Waals surface area contributed by atoms with Gasteiger partial charge in [-0.25, -0.2) is 4.98 Å². The fourth-order valence-corrected chi connectivity index (χ4v) is 2.80. The molecule has 1 aliphatic rings. The van der Waals surface area contributed by atoms with E-state index in [1.807, 2.05) is 0 Å². The largest absolute Gasteiger partial charge is 0.313 e. The number of hydrogen-bond acceptors (Lipinski definition) is 5. The van der Waals surface area contributed by atoms with Crippen LogP contribution in [0.4, 0.5) is 0 Å². The molecule has 1 saturated carbocycles. The van der Waals surface area contributed by atoms with E-state index in [4.69, 9.17) is 0 Å². The summed E-state index contributed by atoms with van der Waals surface area (Å²) in [6.07, 6.45) is 4.45. The fourth-order valence-electron chi connectivity index (χ4n) is 1.41. The minimum atomic E-state index is 0.699. The highest BCUT2D eigenvalue weighted by Gasteiger charge is 2.27. The molecule has 78 valence electrons. The zero-order chi connectivity index (χ0) is 9.80. The van der Waals surface area contributed by atoms with Crippen molar-refractivity contribution in [1.29, 1.82) is 0 Å². The highest BCUT2D eigenvalue weighted by Crippen LogP contribution is 2.32. The van der Waals surface area contributed by atoms with Gasteiger partial charge in [0.15, 0.2) is 4.34 Å². The number of rotatable bonds is 6. The molecule has 0 aliphatic heterocycles. The Hall–Kier alpha value is -0.130. The van der Waals surface area contributed by atoms with Gasteiger partial charge in [-0.1, -0.05) is 11.8 Å². The van der Waals surface area contributed by atoms with E-state index in [1.54, 1.807) is 18.1 Å². The summed E-state index contributed by atoms with van der Waals surface area (Å²) in [6, 6.07) is 0.699. The summed E-state index contributed by atoms with van der Waals surface area (Å²) >= 11 is 3.26. The maximum Gasteiger partial charge on any atom is 0.169 e. The highest BCUT2D eigenvalue weighted by molar-refractivity contribution is 8.00. The minimum Gasteiger partial charge on any atom is -0.313 e. The van der Waals surface area contributed by atoms with Crippen molar-refractivity contribution in [1.82, 2.24) is 14.7 Å². The van der Waals surface area contributed by atoms with Crippen LogP contribution in [0.25, 0.3) is 0 Å².